The van der Waals surface area contributed by atoms with Crippen LogP contribution in [0.15, 0.2) is 18.2 Å². The van der Waals surface area contributed by atoms with E-state index in [0.717, 1.165) is 11.1 Å². The molecule has 5 aliphatic rings. The standard InChI is InChI=1S/C24H28F3N3O4/c1-34-16-4-3-15-12-22-14-30(22,9-2-5-24(25,26)27)10-8-20(17(15)11-16)13-21(6-7-23(20,22)33)18(31)28-19(32)29-21/h3-4,11,33H,2,5-10,12-14H2,1H3,(H-,28,29,31,32)/p+1/t20-,21+,22?,23+,30?/m1/s1. The van der Waals surface area contributed by atoms with Gasteiger partial charge in [0.1, 0.15) is 23.4 Å². The van der Waals surface area contributed by atoms with E-state index in [-0.39, 0.29) is 18.7 Å². The zero-order valence-corrected chi connectivity index (χ0v) is 19.1. The predicted octanol–water partition coefficient (Wildman–Crippen LogP) is 2.30. The molecule has 0 aromatic heterocycles. The maximum absolute atomic E-state index is 12.9. The first kappa shape index (κ1) is 22.2. The fourth-order valence-corrected chi connectivity index (χ4v) is 8.28. The minimum absolute atomic E-state index is 0.0339. The number of hydrogen-bond acceptors (Lipinski definition) is 4. The van der Waals surface area contributed by atoms with Crippen LogP contribution in [0.3, 0.4) is 0 Å². The molecule has 10 heteroatoms. The molecule has 4 fully saturated rings. The van der Waals surface area contributed by atoms with Crippen LogP contribution in [0.4, 0.5) is 18.0 Å². The van der Waals surface area contributed by atoms with Crippen LogP contribution in [-0.4, -0.2) is 71.1 Å². The van der Waals surface area contributed by atoms with Crippen molar-refractivity contribution in [3.8, 4) is 5.75 Å². The minimum atomic E-state index is -4.20. The molecule has 5 atom stereocenters. The number of methoxy groups -OCH3 is 1. The summed E-state index contributed by atoms with van der Waals surface area (Å²) in [5.41, 5.74) is -1.67. The molecule has 3 saturated heterocycles. The monoisotopic (exact) mass is 480 g/mol. The molecule has 2 unspecified atom stereocenters. The number of rotatable bonds is 4. The number of ether oxygens (including phenoxy) is 1. The molecule has 2 aliphatic carbocycles. The highest BCUT2D eigenvalue weighted by Crippen LogP contribution is 2.71. The quantitative estimate of drug-likeness (QED) is 0.351. The van der Waals surface area contributed by atoms with Gasteiger partial charge in [-0.25, -0.2) is 4.79 Å². The smallest absolute Gasteiger partial charge is 0.389 e. The van der Waals surface area contributed by atoms with Crippen LogP contribution < -0.4 is 15.4 Å². The summed E-state index contributed by atoms with van der Waals surface area (Å²) in [7, 11) is 1.58. The number of urea groups is 1. The Hall–Kier alpha value is -2.33. The third-order valence-electron chi connectivity index (χ3n) is 9.79. The summed E-state index contributed by atoms with van der Waals surface area (Å²) < 4.78 is 44.7. The van der Waals surface area contributed by atoms with E-state index in [1.54, 1.807) is 7.11 Å². The second-order valence-corrected chi connectivity index (χ2v) is 11.1. The van der Waals surface area contributed by atoms with Crippen molar-refractivity contribution in [3.63, 3.8) is 0 Å². The highest BCUT2D eigenvalue weighted by atomic mass is 19.4. The van der Waals surface area contributed by atoms with Gasteiger partial charge in [-0.15, -0.1) is 0 Å². The van der Waals surface area contributed by atoms with Crippen molar-refractivity contribution in [2.45, 2.75) is 73.2 Å². The van der Waals surface area contributed by atoms with Crippen LogP contribution in [0.5, 0.6) is 5.75 Å². The van der Waals surface area contributed by atoms with Gasteiger partial charge in [0.25, 0.3) is 5.91 Å². The number of alkyl halides is 3. The van der Waals surface area contributed by atoms with Gasteiger partial charge in [-0.2, -0.15) is 13.2 Å². The van der Waals surface area contributed by atoms with Crippen LogP contribution in [0.2, 0.25) is 0 Å². The third-order valence-corrected chi connectivity index (χ3v) is 9.79. The average Bonchev–Trinajstić information content (AvgIpc) is 3.31. The van der Waals surface area contributed by atoms with Gasteiger partial charge in [0.15, 0.2) is 5.54 Å². The number of carbonyl (C=O) groups excluding carboxylic acids is 2. The SMILES string of the molecule is COc1ccc2c(c1)[C@]13CC[N+]4(CCCC(F)(F)F)CC4(C2)[C@]1(O)CC[C@@]1(C3)NC(=O)NC1=O. The maximum atomic E-state index is 12.9. The van der Waals surface area contributed by atoms with Crippen molar-refractivity contribution in [2.75, 3.05) is 26.7 Å². The summed E-state index contributed by atoms with van der Waals surface area (Å²) in [4.78, 5) is 25.0. The number of hydrogen-bond donors (Lipinski definition) is 3. The lowest BCUT2D eigenvalue weighted by atomic mass is 9.45. The summed E-state index contributed by atoms with van der Waals surface area (Å²) in [5.74, 6) is 0.281. The number of benzene rings is 1. The Labute approximate surface area is 195 Å². The van der Waals surface area contributed by atoms with Crippen molar-refractivity contribution in [1.29, 1.82) is 0 Å². The molecule has 184 valence electrons. The molecule has 3 heterocycles. The summed E-state index contributed by atoms with van der Waals surface area (Å²) in [6, 6.07) is 5.27. The fraction of sp³-hybridized carbons (Fsp3) is 0.667. The lowest BCUT2D eigenvalue weighted by Crippen LogP contribution is -2.76. The number of nitrogens with zero attached hydrogens (tertiary/aromatic N) is 1. The van der Waals surface area contributed by atoms with Gasteiger partial charge in [-0.1, -0.05) is 6.07 Å². The molecule has 34 heavy (non-hydrogen) atoms. The fourth-order valence-electron chi connectivity index (χ4n) is 8.28. The Morgan fingerprint density at radius 2 is 2.00 bits per heavy atom. The zero-order chi connectivity index (χ0) is 24.2. The Balaban J connectivity index is 1.45. The molecule has 6 rings (SSSR count). The molecule has 3 aliphatic heterocycles. The molecule has 1 aromatic rings. The first-order chi connectivity index (χ1) is 15.9. The van der Waals surface area contributed by atoms with Gasteiger partial charge in [0.2, 0.25) is 0 Å². The van der Waals surface area contributed by atoms with Crippen LogP contribution in [-0.2, 0) is 16.6 Å². The Morgan fingerprint density at radius 1 is 1.21 bits per heavy atom. The molecule has 1 aromatic carbocycles. The number of fused-ring (bicyclic) bond motifs is 1. The number of amides is 3. The van der Waals surface area contributed by atoms with Gasteiger partial charge in [0, 0.05) is 31.1 Å². The average molecular weight is 481 g/mol. The minimum Gasteiger partial charge on any atom is -0.497 e. The van der Waals surface area contributed by atoms with E-state index in [1.165, 1.54) is 0 Å². The summed E-state index contributed by atoms with van der Waals surface area (Å²) in [5, 5.41) is 17.8. The van der Waals surface area contributed by atoms with E-state index < -0.39 is 40.7 Å². The number of imide groups is 1. The molecule has 7 nitrogen and oxygen atoms in total. The molecular formula is C24H29F3N3O4+. The third kappa shape index (κ3) is 2.56. The molecule has 3 amide bonds. The lowest BCUT2D eigenvalue weighted by molar-refractivity contribution is -0.846. The van der Waals surface area contributed by atoms with E-state index in [2.05, 4.69) is 10.6 Å². The maximum Gasteiger partial charge on any atom is 0.389 e. The normalized spacial score (nSPS) is 41.8. The van der Waals surface area contributed by atoms with Crippen LogP contribution >= 0.6 is 0 Å². The highest BCUT2D eigenvalue weighted by molar-refractivity contribution is 6.07. The summed E-state index contributed by atoms with van der Waals surface area (Å²) >= 11 is 0. The summed E-state index contributed by atoms with van der Waals surface area (Å²) in [6.07, 6.45) is -3.01. The van der Waals surface area contributed by atoms with Crippen molar-refractivity contribution in [3.05, 3.63) is 29.3 Å². The van der Waals surface area contributed by atoms with E-state index in [1.807, 2.05) is 18.2 Å². The number of piperidine rings is 1. The molecule has 2 bridgehead atoms. The number of nitrogens with one attached hydrogen (secondary N) is 2. The molecule has 2 spiro atoms. The second kappa shape index (κ2) is 6.46. The number of carbonyl (C=O) groups is 2. The first-order valence-corrected chi connectivity index (χ1v) is 11.9. The van der Waals surface area contributed by atoms with Gasteiger partial charge >= 0.3 is 12.2 Å². The summed E-state index contributed by atoms with van der Waals surface area (Å²) in [6.45, 7) is 1.66. The van der Waals surface area contributed by atoms with E-state index in [0.29, 0.717) is 55.6 Å². The molecule has 0 radical (unpaired) electrons. The van der Waals surface area contributed by atoms with E-state index in [4.69, 9.17) is 4.74 Å². The van der Waals surface area contributed by atoms with Crippen LogP contribution in [0.25, 0.3) is 0 Å². The van der Waals surface area contributed by atoms with Crippen molar-refractivity contribution in [1.82, 2.24) is 10.6 Å². The van der Waals surface area contributed by atoms with E-state index >= 15 is 0 Å². The largest absolute Gasteiger partial charge is 0.497 e. The van der Waals surface area contributed by atoms with Crippen molar-refractivity contribution >= 4 is 11.9 Å². The first-order valence-electron chi connectivity index (χ1n) is 11.9. The highest BCUT2D eigenvalue weighted by Gasteiger charge is 2.88. The lowest BCUT2D eigenvalue weighted by Gasteiger charge is -2.63. The van der Waals surface area contributed by atoms with Crippen LogP contribution in [0.1, 0.15) is 49.7 Å². The topological polar surface area (TPSA) is 87.7 Å². The van der Waals surface area contributed by atoms with Gasteiger partial charge in [0.05, 0.1) is 20.2 Å². The molecular weight excluding hydrogens is 451 g/mol. The second-order valence-electron chi connectivity index (χ2n) is 11.1. The Kier molecular flexibility index (Phi) is 4.21. The Morgan fingerprint density at radius 3 is 2.68 bits per heavy atom. The molecule has 1 saturated carbocycles. The Bertz CT molecular complexity index is 1110. The predicted molar refractivity (Wildman–Crippen MR) is 114 cm³/mol. The van der Waals surface area contributed by atoms with E-state index in [9.17, 15) is 27.9 Å². The van der Waals surface area contributed by atoms with Gasteiger partial charge in [-0.3, -0.25) is 10.1 Å². The van der Waals surface area contributed by atoms with Crippen molar-refractivity contribution in [2.24, 2.45) is 0 Å². The number of aliphatic hydroxyl groups is 1. The number of quaternary nitrogens is 1. The molecule has 3 N–H and O–H groups in total. The van der Waals surface area contributed by atoms with Gasteiger partial charge in [-0.05, 0) is 42.5 Å². The number of halogens is 3. The van der Waals surface area contributed by atoms with Crippen molar-refractivity contribution < 1.29 is 37.1 Å². The van der Waals surface area contributed by atoms with Crippen LogP contribution in [0, 0.1) is 0 Å². The van der Waals surface area contributed by atoms with Gasteiger partial charge < -0.3 is 19.6 Å². The zero-order valence-electron chi connectivity index (χ0n) is 19.1.